The Morgan fingerprint density at radius 2 is 1.32 bits per heavy atom. The fourth-order valence-corrected chi connectivity index (χ4v) is 4.37. The summed E-state index contributed by atoms with van der Waals surface area (Å²) in [5, 5.41) is 2.28. The molecule has 0 saturated carbocycles. The summed E-state index contributed by atoms with van der Waals surface area (Å²) < 4.78 is 0. The van der Waals surface area contributed by atoms with Crippen LogP contribution in [0.5, 0.6) is 0 Å². The average Bonchev–Trinajstić information content (AvgIpc) is 2.67. The first-order valence-corrected chi connectivity index (χ1v) is 15.9. The monoisotopic (exact) mass is 506 g/mol. The molecule has 25 heavy (non-hydrogen) atoms. The third-order valence-corrected chi connectivity index (χ3v) is 8.27. The van der Waals surface area contributed by atoms with Gasteiger partial charge in [0.05, 0.1) is 37.1 Å². The minimum absolute atomic E-state index is 0.137. The van der Waals surface area contributed by atoms with E-state index in [0.29, 0.717) is 0 Å². The van der Waals surface area contributed by atoms with Crippen LogP contribution in [-0.4, -0.2) is 31.8 Å². The van der Waals surface area contributed by atoms with Crippen LogP contribution in [0.1, 0.15) is 20.8 Å². The normalized spacial score (nSPS) is 9.24. The van der Waals surface area contributed by atoms with Gasteiger partial charge in [-0.15, -0.1) is 11.6 Å². The first-order valence-electron chi connectivity index (χ1n) is 8.47. The van der Waals surface area contributed by atoms with Gasteiger partial charge in [-0.2, -0.15) is 30.3 Å². The van der Waals surface area contributed by atoms with Crippen molar-refractivity contribution in [1.82, 2.24) is 0 Å². The number of halogens is 2. The fourth-order valence-electron chi connectivity index (χ4n) is 1.89. The van der Waals surface area contributed by atoms with E-state index in [0.717, 1.165) is 5.02 Å². The number of rotatable bonds is 4. The summed E-state index contributed by atoms with van der Waals surface area (Å²) in [6.07, 6.45) is 4.37. The molecule has 0 aliphatic rings. The zero-order valence-electron chi connectivity index (χ0n) is 15.9. The third-order valence-electron chi connectivity index (χ3n) is 3.53. The average molecular weight is 508 g/mol. The molecule has 0 spiro atoms. The Hall–Kier alpha value is 0.564. The standard InChI is InChI=1S/C8H11P.C6H4Cl.C6H15P.BrH.Ni/c1-9(2)8-6-4-3-5-7-8;7-6-4-2-1-3-5-6;1-4-7(5-2)6-3;;/h3-7H,1-2H3;2-5H;4-6H2,1-3H3;1H;/q;-1;;;+1/p+1. The summed E-state index contributed by atoms with van der Waals surface area (Å²) in [7, 11) is -0.0749. The van der Waals surface area contributed by atoms with Gasteiger partial charge in [-0.05, 0) is 40.8 Å². The Balaban J connectivity index is 0. The van der Waals surface area contributed by atoms with Gasteiger partial charge in [0, 0.05) is 7.92 Å². The van der Waals surface area contributed by atoms with Crippen LogP contribution in [0.4, 0.5) is 0 Å². The minimum atomic E-state index is -0.212. The quantitative estimate of drug-likeness (QED) is 0.236. The summed E-state index contributed by atoms with van der Waals surface area (Å²) >= 11 is 11.8. The van der Waals surface area contributed by atoms with E-state index in [4.69, 9.17) is 11.6 Å². The van der Waals surface area contributed by atoms with E-state index < -0.39 is 0 Å². The molecule has 145 valence electrons. The summed E-state index contributed by atoms with van der Waals surface area (Å²) in [6.45, 7) is 11.5. The molecule has 0 radical (unpaired) electrons. The molecule has 5 heteroatoms. The summed E-state index contributed by atoms with van der Waals surface area (Å²) in [5.41, 5.74) is 0. The van der Waals surface area contributed by atoms with Crippen LogP contribution in [0.25, 0.3) is 0 Å². The topological polar surface area (TPSA) is 0 Å². The first-order chi connectivity index (χ1) is 12.0. The van der Waals surface area contributed by atoms with Crippen molar-refractivity contribution in [2.24, 2.45) is 0 Å². The van der Waals surface area contributed by atoms with E-state index in [1.807, 2.05) is 0 Å². The van der Waals surface area contributed by atoms with Gasteiger partial charge in [0.1, 0.15) is 0 Å². The second-order valence-corrected chi connectivity index (χ2v) is 12.0. The van der Waals surface area contributed by atoms with Crippen molar-refractivity contribution in [3.05, 3.63) is 65.7 Å². The first kappa shape index (κ1) is 27.8. The zero-order valence-corrected chi connectivity index (χ0v) is 21.2. The van der Waals surface area contributed by atoms with E-state index in [2.05, 4.69) is 98.4 Å². The molecule has 0 N–H and O–H groups in total. The van der Waals surface area contributed by atoms with Crippen molar-refractivity contribution < 1.29 is 13.7 Å². The van der Waals surface area contributed by atoms with Gasteiger partial charge in [-0.25, -0.2) is 0 Å². The Morgan fingerprint density at radius 1 is 0.880 bits per heavy atom. The predicted molar refractivity (Wildman–Crippen MR) is 125 cm³/mol. The van der Waals surface area contributed by atoms with Gasteiger partial charge >= 0.3 is 27.9 Å². The van der Waals surface area contributed by atoms with Crippen molar-refractivity contribution in [2.75, 3.05) is 31.8 Å². The molecule has 2 aromatic rings. The molecule has 0 aliphatic carbocycles. The van der Waals surface area contributed by atoms with Crippen molar-refractivity contribution in [2.45, 2.75) is 20.8 Å². The summed E-state index contributed by atoms with van der Waals surface area (Å²) in [5.74, 6) is 0. The van der Waals surface area contributed by atoms with Crippen molar-refractivity contribution in [1.29, 1.82) is 0 Å². The van der Waals surface area contributed by atoms with E-state index in [1.54, 1.807) is 24.3 Å². The van der Waals surface area contributed by atoms with Gasteiger partial charge in [0.15, 0.2) is 0 Å². The molecule has 0 amide bonds. The molecule has 2 aromatic carbocycles. The molecule has 0 unspecified atom stereocenters. The van der Waals surface area contributed by atoms with Crippen LogP contribution in [0.15, 0.2) is 54.6 Å². The Bertz CT molecular complexity index is 474. The van der Waals surface area contributed by atoms with Crippen molar-refractivity contribution in [3.63, 3.8) is 0 Å². The second-order valence-electron chi connectivity index (χ2n) is 5.39. The summed E-state index contributed by atoms with van der Waals surface area (Å²) in [6, 6.07) is 20.7. The Kier molecular flexibility index (Phi) is 23.2. The molecule has 0 saturated heterocycles. The molecule has 0 bridgehead atoms. The van der Waals surface area contributed by atoms with Crippen LogP contribution in [0.3, 0.4) is 0 Å². The van der Waals surface area contributed by atoms with Crippen LogP contribution >= 0.6 is 41.7 Å². The maximum atomic E-state index is 5.52. The van der Waals surface area contributed by atoms with Crippen LogP contribution < -0.4 is 5.30 Å². The van der Waals surface area contributed by atoms with E-state index >= 15 is 0 Å². The van der Waals surface area contributed by atoms with Crippen molar-refractivity contribution >= 4 is 47.0 Å². The van der Waals surface area contributed by atoms with E-state index in [9.17, 15) is 0 Å². The Labute approximate surface area is 178 Å². The van der Waals surface area contributed by atoms with Gasteiger partial charge < -0.3 is 0 Å². The van der Waals surface area contributed by atoms with Crippen LogP contribution in [0, 0.1) is 6.07 Å². The molecule has 0 aliphatic heterocycles. The molecule has 0 nitrogen and oxygen atoms in total. The molecular weight excluding hydrogens is 476 g/mol. The van der Waals surface area contributed by atoms with Crippen LogP contribution in [0.2, 0.25) is 5.02 Å². The third kappa shape index (κ3) is 17.7. The van der Waals surface area contributed by atoms with Gasteiger partial charge in [-0.3, -0.25) is 0 Å². The molecule has 0 heterocycles. The summed E-state index contributed by atoms with van der Waals surface area (Å²) in [4.78, 5) is 0. The Morgan fingerprint density at radius 3 is 1.52 bits per heavy atom. The molecule has 0 atom stereocenters. The molecule has 0 fully saturated rings. The van der Waals surface area contributed by atoms with E-state index in [1.165, 1.54) is 23.8 Å². The van der Waals surface area contributed by atoms with Gasteiger partial charge in [0.2, 0.25) is 0 Å². The molecule has 0 aromatic heterocycles. The number of hydrogen-bond donors (Lipinski definition) is 0. The van der Waals surface area contributed by atoms with Gasteiger partial charge in [0.25, 0.3) is 0 Å². The van der Waals surface area contributed by atoms with Gasteiger partial charge in [-0.1, -0.05) is 23.2 Å². The number of hydrogen-bond acceptors (Lipinski definition) is 0. The molecular formula is C20H32BrClNiP2+. The van der Waals surface area contributed by atoms with Crippen LogP contribution in [-0.2, 0) is 13.7 Å². The van der Waals surface area contributed by atoms with Crippen molar-refractivity contribution in [3.8, 4) is 0 Å². The second kappa shape index (κ2) is 20.9. The SMILES string of the molecule is CC[PH+](CC)CC.C[PH+](C)c1ccccc1.Clc1cc[c-]cc1.[Ni][Br]. The predicted octanol–water partition coefficient (Wildman–Crippen LogP) is 7.03. The number of benzene rings is 2. The van der Waals surface area contributed by atoms with E-state index in [-0.39, 0.29) is 15.8 Å². The maximum absolute atomic E-state index is 5.52. The molecule has 2 rings (SSSR count). The fraction of sp³-hybridized carbons (Fsp3) is 0.400. The zero-order chi connectivity index (χ0) is 19.5.